The van der Waals surface area contributed by atoms with Gasteiger partial charge in [-0.3, -0.25) is 4.79 Å². The third kappa shape index (κ3) is 3.53. The number of aryl methyl sites for hydroxylation is 2. The molecule has 2 heterocycles. The van der Waals surface area contributed by atoms with Crippen LogP contribution in [0.15, 0.2) is 29.1 Å². The van der Waals surface area contributed by atoms with Crippen molar-refractivity contribution in [1.29, 1.82) is 0 Å². The van der Waals surface area contributed by atoms with Crippen LogP contribution in [0.5, 0.6) is 5.75 Å². The van der Waals surface area contributed by atoms with Crippen LogP contribution >= 0.6 is 11.3 Å². The third-order valence-corrected chi connectivity index (χ3v) is 4.68. The van der Waals surface area contributed by atoms with E-state index in [0.717, 1.165) is 11.3 Å². The zero-order valence-electron chi connectivity index (χ0n) is 13.6. The molecule has 3 rings (SSSR count). The van der Waals surface area contributed by atoms with E-state index < -0.39 is 11.8 Å². The number of nitrogens with zero attached hydrogens (tertiary/aromatic N) is 1. The first-order valence-corrected chi connectivity index (χ1v) is 8.33. The minimum absolute atomic E-state index is 0.0224. The molecule has 0 aliphatic carbocycles. The van der Waals surface area contributed by atoms with E-state index in [1.165, 1.54) is 12.1 Å². The molecule has 25 heavy (non-hydrogen) atoms. The number of nitrogens with one attached hydrogen (secondary N) is 1. The summed E-state index contributed by atoms with van der Waals surface area (Å²) in [6, 6.07) is 5.99. The molecule has 0 aliphatic heterocycles. The van der Waals surface area contributed by atoms with Crippen molar-refractivity contribution in [3.8, 4) is 5.75 Å². The summed E-state index contributed by atoms with van der Waals surface area (Å²) < 4.78 is 23.8. The van der Waals surface area contributed by atoms with Crippen molar-refractivity contribution < 1.29 is 18.7 Å². The number of esters is 1. The van der Waals surface area contributed by atoms with Crippen LogP contribution < -0.4 is 10.3 Å². The molecule has 130 valence electrons. The average molecular weight is 362 g/mol. The maximum atomic E-state index is 13.4. The molecule has 0 spiro atoms. The first-order chi connectivity index (χ1) is 12.0. The Balaban J connectivity index is 1.67. The van der Waals surface area contributed by atoms with E-state index in [1.54, 1.807) is 26.0 Å². The lowest BCUT2D eigenvalue weighted by Crippen LogP contribution is -2.13. The molecule has 0 saturated heterocycles. The molecule has 8 heteroatoms. The van der Waals surface area contributed by atoms with Gasteiger partial charge in [0, 0.05) is 0 Å². The van der Waals surface area contributed by atoms with Gasteiger partial charge < -0.3 is 14.5 Å². The third-order valence-electron chi connectivity index (χ3n) is 3.52. The number of H-pyrrole nitrogens is 1. The van der Waals surface area contributed by atoms with E-state index in [0.29, 0.717) is 26.5 Å². The van der Waals surface area contributed by atoms with Gasteiger partial charge in [-0.2, -0.15) is 0 Å². The Hall–Kier alpha value is -2.74. The summed E-state index contributed by atoms with van der Waals surface area (Å²) >= 11 is 1.11. The van der Waals surface area contributed by atoms with Crippen LogP contribution in [0.4, 0.5) is 4.39 Å². The summed E-state index contributed by atoms with van der Waals surface area (Å²) in [5.74, 6) is -0.454. The highest BCUT2D eigenvalue weighted by molar-refractivity contribution is 7.20. The number of thiophene rings is 1. The first-order valence-electron chi connectivity index (χ1n) is 7.52. The van der Waals surface area contributed by atoms with Crippen molar-refractivity contribution in [1.82, 2.24) is 9.97 Å². The van der Waals surface area contributed by atoms with Crippen molar-refractivity contribution >= 4 is 27.5 Å². The number of halogens is 1. The van der Waals surface area contributed by atoms with E-state index >= 15 is 0 Å². The van der Waals surface area contributed by atoms with Gasteiger partial charge in [-0.05, 0) is 31.5 Å². The largest absolute Gasteiger partial charge is 0.487 e. The molecule has 2 aromatic heterocycles. The smallest absolute Gasteiger partial charge is 0.348 e. The topological polar surface area (TPSA) is 81.3 Å². The molecule has 0 amide bonds. The van der Waals surface area contributed by atoms with Crippen LogP contribution in [0.1, 0.15) is 21.1 Å². The van der Waals surface area contributed by atoms with E-state index in [-0.39, 0.29) is 24.5 Å². The number of carbonyl (C=O) groups is 1. The van der Waals surface area contributed by atoms with Crippen LogP contribution in [-0.4, -0.2) is 29.2 Å². The fourth-order valence-electron chi connectivity index (χ4n) is 2.36. The van der Waals surface area contributed by atoms with Gasteiger partial charge in [0.1, 0.15) is 28.7 Å². The Labute approximate surface area is 146 Å². The molecule has 0 bridgehead atoms. The number of ether oxygens (including phenoxy) is 2. The van der Waals surface area contributed by atoms with E-state index in [9.17, 15) is 14.0 Å². The van der Waals surface area contributed by atoms with Crippen molar-refractivity contribution in [2.24, 2.45) is 0 Å². The summed E-state index contributed by atoms with van der Waals surface area (Å²) in [5.41, 5.74) is 0.256. The molecular weight excluding hydrogens is 347 g/mol. The molecule has 3 aromatic rings. The molecule has 0 aliphatic rings. The summed E-state index contributed by atoms with van der Waals surface area (Å²) in [5, 5.41) is 0.394. The minimum atomic E-state index is -0.560. The molecule has 0 fully saturated rings. The Bertz CT molecular complexity index is 996. The van der Waals surface area contributed by atoms with Gasteiger partial charge in [0.2, 0.25) is 0 Å². The van der Waals surface area contributed by atoms with Crippen molar-refractivity contribution in [2.75, 3.05) is 13.2 Å². The van der Waals surface area contributed by atoms with Gasteiger partial charge in [-0.15, -0.1) is 11.3 Å². The fourth-order valence-corrected chi connectivity index (χ4v) is 3.48. The summed E-state index contributed by atoms with van der Waals surface area (Å²) in [4.78, 5) is 31.9. The second-order valence-corrected chi connectivity index (χ2v) is 6.30. The lowest BCUT2D eigenvalue weighted by Gasteiger charge is -2.07. The maximum Gasteiger partial charge on any atom is 0.348 e. The van der Waals surface area contributed by atoms with Gasteiger partial charge in [-0.25, -0.2) is 14.2 Å². The molecule has 6 nitrogen and oxygen atoms in total. The number of rotatable bonds is 5. The number of fused-ring (bicyclic) bond motifs is 1. The Kier molecular flexibility index (Phi) is 4.80. The zero-order valence-corrected chi connectivity index (χ0v) is 14.4. The van der Waals surface area contributed by atoms with Gasteiger partial charge in [0.15, 0.2) is 11.6 Å². The molecule has 0 saturated carbocycles. The monoisotopic (exact) mass is 362 g/mol. The number of carbonyl (C=O) groups excluding carboxylic acids is 1. The maximum absolute atomic E-state index is 13.4. The highest BCUT2D eigenvalue weighted by Crippen LogP contribution is 2.27. The molecular formula is C17H15FN2O4S. The van der Waals surface area contributed by atoms with Gasteiger partial charge in [0.25, 0.3) is 5.56 Å². The number of hydrogen-bond acceptors (Lipinski definition) is 6. The van der Waals surface area contributed by atoms with Crippen molar-refractivity contribution in [2.45, 2.75) is 13.8 Å². The number of para-hydroxylation sites is 1. The molecule has 1 aromatic carbocycles. The fraction of sp³-hybridized carbons (Fsp3) is 0.235. The first kappa shape index (κ1) is 17.1. The van der Waals surface area contributed by atoms with Crippen LogP contribution in [-0.2, 0) is 4.74 Å². The van der Waals surface area contributed by atoms with E-state index in [4.69, 9.17) is 9.47 Å². The SMILES string of the molecule is Cc1nc2sc(C(=O)OCCOc3ccccc3F)c(C)c2c(=O)[nH]1. The standard InChI is InChI=1S/C17H15FN2O4S/c1-9-13-15(21)19-10(2)20-16(13)25-14(9)17(22)24-8-7-23-12-6-4-3-5-11(12)18/h3-6H,7-8H2,1-2H3,(H,19,20,21). The van der Waals surface area contributed by atoms with Gasteiger partial charge >= 0.3 is 5.97 Å². The second-order valence-electron chi connectivity index (χ2n) is 5.30. The van der Waals surface area contributed by atoms with Crippen LogP contribution in [0.2, 0.25) is 0 Å². The molecule has 1 N–H and O–H groups in total. The number of benzene rings is 1. The number of hydrogen-bond donors (Lipinski definition) is 1. The predicted molar refractivity (Wildman–Crippen MR) is 91.9 cm³/mol. The quantitative estimate of drug-likeness (QED) is 0.557. The highest BCUT2D eigenvalue weighted by atomic mass is 32.1. The minimum Gasteiger partial charge on any atom is -0.487 e. The lowest BCUT2D eigenvalue weighted by atomic mass is 10.2. The Morgan fingerprint density at radius 1 is 1.28 bits per heavy atom. The number of aromatic amines is 1. The normalized spacial score (nSPS) is 10.8. The average Bonchev–Trinajstić information content (AvgIpc) is 2.89. The molecule has 0 atom stereocenters. The van der Waals surface area contributed by atoms with E-state index in [2.05, 4.69) is 9.97 Å². The van der Waals surface area contributed by atoms with E-state index in [1.807, 2.05) is 0 Å². The van der Waals surface area contributed by atoms with Gasteiger partial charge in [-0.1, -0.05) is 12.1 Å². The molecule has 0 unspecified atom stereocenters. The summed E-state index contributed by atoms with van der Waals surface area (Å²) in [6.07, 6.45) is 0. The summed E-state index contributed by atoms with van der Waals surface area (Å²) in [6.45, 7) is 3.34. The zero-order chi connectivity index (χ0) is 18.0. The predicted octanol–water partition coefficient (Wildman–Crippen LogP) is 2.98. The number of aromatic nitrogens is 2. The van der Waals surface area contributed by atoms with Crippen LogP contribution in [0, 0.1) is 19.7 Å². The molecule has 0 radical (unpaired) electrons. The lowest BCUT2D eigenvalue weighted by molar-refractivity contribution is 0.0453. The highest BCUT2D eigenvalue weighted by Gasteiger charge is 2.20. The second kappa shape index (κ2) is 7.02. The van der Waals surface area contributed by atoms with Crippen LogP contribution in [0.3, 0.4) is 0 Å². The van der Waals surface area contributed by atoms with Crippen molar-refractivity contribution in [3.63, 3.8) is 0 Å². The Morgan fingerprint density at radius 3 is 2.80 bits per heavy atom. The Morgan fingerprint density at radius 2 is 2.04 bits per heavy atom. The van der Waals surface area contributed by atoms with Crippen LogP contribution in [0.25, 0.3) is 10.2 Å². The van der Waals surface area contributed by atoms with Gasteiger partial charge in [0.05, 0.1) is 5.39 Å². The summed E-state index contributed by atoms with van der Waals surface area (Å²) in [7, 11) is 0. The van der Waals surface area contributed by atoms with Crippen molar-refractivity contribution in [3.05, 3.63) is 56.7 Å².